The molecule has 6 nitrogen and oxygen atoms in total. The van der Waals surface area contributed by atoms with E-state index in [2.05, 4.69) is 24.5 Å². The predicted octanol–water partition coefficient (Wildman–Crippen LogP) is 3.79. The fourth-order valence-electron chi connectivity index (χ4n) is 2.78. The molecule has 2 aromatic carbocycles. The van der Waals surface area contributed by atoms with Gasteiger partial charge in [-0.15, -0.1) is 0 Å². The number of esters is 1. The van der Waals surface area contributed by atoms with Crippen LogP contribution in [0.4, 0.5) is 11.4 Å². The van der Waals surface area contributed by atoms with Gasteiger partial charge < -0.3 is 20.5 Å². The number of amides is 1. The predicted molar refractivity (Wildman–Crippen MR) is 111 cm³/mol. The summed E-state index contributed by atoms with van der Waals surface area (Å²) in [6, 6.07) is 14.5. The summed E-state index contributed by atoms with van der Waals surface area (Å²) in [5, 5.41) is 14.8. The Morgan fingerprint density at radius 1 is 1.04 bits per heavy atom. The topological polar surface area (TPSA) is 87.7 Å². The molecule has 0 radical (unpaired) electrons. The number of aliphatic hydroxyl groups is 1. The summed E-state index contributed by atoms with van der Waals surface area (Å²) in [7, 11) is 0. The molecule has 0 spiro atoms. The lowest BCUT2D eigenvalue weighted by Crippen LogP contribution is -2.30. The summed E-state index contributed by atoms with van der Waals surface area (Å²) in [6.07, 6.45) is -0.00178. The van der Waals surface area contributed by atoms with Crippen molar-refractivity contribution in [1.82, 2.24) is 0 Å². The number of benzene rings is 2. The van der Waals surface area contributed by atoms with Gasteiger partial charge in [-0.3, -0.25) is 4.79 Å². The van der Waals surface area contributed by atoms with Gasteiger partial charge in [0, 0.05) is 17.9 Å². The molecule has 0 aromatic heterocycles. The number of carbonyl (C=O) groups excluding carboxylic acids is 2. The maximum Gasteiger partial charge on any atom is 0.341 e. The Labute approximate surface area is 165 Å². The monoisotopic (exact) mass is 384 g/mol. The van der Waals surface area contributed by atoms with Crippen LogP contribution in [0.25, 0.3) is 0 Å². The van der Waals surface area contributed by atoms with Crippen LogP contribution in [-0.2, 0) is 9.53 Å². The van der Waals surface area contributed by atoms with Gasteiger partial charge in [0.1, 0.15) is 0 Å². The second kappa shape index (κ2) is 10.5. The zero-order chi connectivity index (χ0) is 20.5. The normalized spacial score (nSPS) is 12.7. The number of aliphatic hydroxyl groups excluding tert-OH is 1. The van der Waals surface area contributed by atoms with E-state index in [4.69, 9.17) is 9.84 Å². The summed E-state index contributed by atoms with van der Waals surface area (Å²) in [5.41, 5.74) is 2.65. The molecule has 2 aromatic rings. The van der Waals surface area contributed by atoms with Gasteiger partial charge in [-0.2, -0.15) is 0 Å². The number of para-hydroxylation sites is 2. The molecule has 2 rings (SSSR count). The van der Waals surface area contributed by atoms with E-state index in [0.717, 1.165) is 17.7 Å². The van der Waals surface area contributed by atoms with E-state index in [1.165, 1.54) is 0 Å². The number of hydrogen-bond donors (Lipinski definition) is 3. The van der Waals surface area contributed by atoms with Gasteiger partial charge in [0.2, 0.25) is 0 Å². The standard InChI is InChI=1S/C22H28N2O4/c1-4-15(2)17-9-5-8-12-20(17)24-21(26)16(3)28-22(27)18-10-6-7-11-19(18)23-13-14-25/h5-12,15-16,23,25H,4,13-14H2,1-3H3,(H,24,26). The molecule has 0 bridgehead atoms. The zero-order valence-electron chi connectivity index (χ0n) is 16.6. The average molecular weight is 384 g/mol. The first-order valence-electron chi connectivity index (χ1n) is 9.52. The SMILES string of the molecule is CCC(C)c1ccccc1NC(=O)C(C)OC(=O)c1ccccc1NCCO. The summed E-state index contributed by atoms with van der Waals surface area (Å²) < 4.78 is 5.36. The van der Waals surface area contributed by atoms with Gasteiger partial charge in [-0.1, -0.05) is 44.2 Å². The molecular weight excluding hydrogens is 356 g/mol. The molecule has 2 atom stereocenters. The van der Waals surface area contributed by atoms with Crippen molar-refractivity contribution in [3.8, 4) is 0 Å². The number of anilines is 2. The molecule has 0 heterocycles. The average Bonchev–Trinajstić information content (AvgIpc) is 2.72. The lowest BCUT2D eigenvalue weighted by Gasteiger charge is -2.18. The van der Waals surface area contributed by atoms with Gasteiger partial charge in [-0.05, 0) is 43.0 Å². The molecule has 3 N–H and O–H groups in total. The smallest absolute Gasteiger partial charge is 0.341 e. The Bertz CT molecular complexity index is 807. The van der Waals surface area contributed by atoms with Crippen LogP contribution >= 0.6 is 0 Å². The highest BCUT2D eigenvalue weighted by Gasteiger charge is 2.22. The van der Waals surface area contributed by atoms with Crippen molar-refractivity contribution in [1.29, 1.82) is 0 Å². The Morgan fingerprint density at radius 2 is 1.68 bits per heavy atom. The number of hydrogen-bond acceptors (Lipinski definition) is 5. The second-order valence-corrected chi connectivity index (χ2v) is 6.63. The Balaban J connectivity index is 2.06. The van der Waals surface area contributed by atoms with Gasteiger partial charge in [0.05, 0.1) is 12.2 Å². The Hall–Kier alpha value is -2.86. The van der Waals surface area contributed by atoms with Crippen molar-refractivity contribution in [3.05, 3.63) is 59.7 Å². The third kappa shape index (κ3) is 5.57. The van der Waals surface area contributed by atoms with Crippen molar-refractivity contribution in [2.45, 2.75) is 39.2 Å². The first-order valence-corrected chi connectivity index (χ1v) is 9.52. The van der Waals surface area contributed by atoms with Gasteiger partial charge in [0.25, 0.3) is 5.91 Å². The second-order valence-electron chi connectivity index (χ2n) is 6.63. The largest absolute Gasteiger partial charge is 0.449 e. The summed E-state index contributed by atoms with van der Waals surface area (Å²) in [4.78, 5) is 25.1. The van der Waals surface area contributed by atoms with E-state index in [1.807, 2.05) is 24.3 Å². The lowest BCUT2D eigenvalue weighted by atomic mass is 9.97. The molecule has 150 valence electrons. The number of nitrogens with one attached hydrogen (secondary N) is 2. The Morgan fingerprint density at radius 3 is 2.36 bits per heavy atom. The van der Waals surface area contributed by atoms with Crippen molar-refractivity contribution in [3.63, 3.8) is 0 Å². The first kappa shape index (κ1) is 21.4. The van der Waals surface area contributed by atoms with E-state index in [1.54, 1.807) is 31.2 Å². The molecule has 1 amide bonds. The van der Waals surface area contributed by atoms with E-state index in [0.29, 0.717) is 23.7 Å². The molecule has 28 heavy (non-hydrogen) atoms. The fraction of sp³-hybridized carbons (Fsp3) is 0.364. The maximum absolute atomic E-state index is 12.6. The molecule has 0 aliphatic heterocycles. The minimum absolute atomic E-state index is 0.0578. The number of rotatable bonds is 9. The van der Waals surface area contributed by atoms with E-state index in [9.17, 15) is 9.59 Å². The highest BCUT2D eigenvalue weighted by atomic mass is 16.5. The van der Waals surface area contributed by atoms with Crippen LogP contribution in [0.15, 0.2) is 48.5 Å². The fourth-order valence-corrected chi connectivity index (χ4v) is 2.78. The first-order chi connectivity index (χ1) is 13.5. The minimum Gasteiger partial charge on any atom is -0.449 e. The van der Waals surface area contributed by atoms with Crippen LogP contribution in [0.3, 0.4) is 0 Å². The van der Waals surface area contributed by atoms with E-state index >= 15 is 0 Å². The molecule has 0 aliphatic carbocycles. The van der Waals surface area contributed by atoms with Crippen molar-refractivity contribution in [2.24, 2.45) is 0 Å². The molecule has 0 saturated heterocycles. The summed E-state index contributed by atoms with van der Waals surface area (Å²) in [6.45, 7) is 5.99. The summed E-state index contributed by atoms with van der Waals surface area (Å²) in [5.74, 6) is -0.678. The van der Waals surface area contributed by atoms with Gasteiger partial charge in [-0.25, -0.2) is 4.79 Å². The van der Waals surface area contributed by atoms with Gasteiger partial charge >= 0.3 is 5.97 Å². The van der Waals surface area contributed by atoms with Crippen LogP contribution in [0, 0.1) is 0 Å². The van der Waals surface area contributed by atoms with Crippen molar-refractivity contribution < 1.29 is 19.4 Å². The summed E-state index contributed by atoms with van der Waals surface area (Å²) >= 11 is 0. The molecular formula is C22H28N2O4. The van der Waals surface area contributed by atoms with E-state index in [-0.39, 0.29) is 12.5 Å². The van der Waals surface area contributed by atoms with Crippen LogP contribution in [-0.4, -0.2) is 36.2 Å². The third-order valence-electron chi connectivity index (χ3n) is 4.59. The van der Waals surface area contributed by atoms with Gasteiger partial charge in [0.15, 0.2) is 6.10 Å². The third-order valence-corrected chi connectivity index (χ3v) is 4.59. The molecule has 0 saturated carbocycles. The molecule has 2 unspecified atom stereocenters. The molecule has 0 aliphatic rings. The molecule has 6 heteroatoms. The van der Waals surface area contributed by atoms with Crippen molar-refractivity contribution in [2.75, 3.05) is 23.8 Å². The minimum atomic E-state index is -0.955. The highest BCUT2D eigenvalue weighted by Crippen LogP contribution is 2.26. The maximum atomic E-state index is 12.6. The van der Waals surface area contributed by atoms with Crippen molar-refractivity contribution >= 4 is 23.3 Å². The zero-order valence-corrected chi connectivity index (χ0v) is 16.6. The van der Waals surface area contributed by atoms with Crippen LogP contribution in [0.2, 0.25) is 0 Å². The number of ether oxygens (including phenoxy) is 1. The lowest BCUT2D eigenvalue weighted by molar-refractivity contribution is -0.123. The van der Waals surface area contributed by atoms with Crippen LogP contribution in [0.1, 0.15) is 49.0 Å². The van der Waals surface area contributed by atoms with Crippen LogP contribution < -0.4 is 10.6 Å². The Kier molecular flexibility index (Phi) is 8.02. The molecule has 0 fully saturated rings. The highest BCUT2D eigenvalue weighted by molar-refractivity contribution is 6.00. The van der Waals surface area contributed by atoms with E-state index < -0.39 is 12.1 Å². The quantitative estimate of drug-likeness (QED) is 0.573. The number of carbonyl (C=O) groups is 2. The van der Waals surface area contributed by atoms with Crippen LogP contribution in [0.5, 0.6) is 0 Å².